The van der Waals surface area contributed by atoms with Crippen LogP contribution in [0.1, 0.15) is 213 Å². The zero-order valence-electron chi connectivity index (χ0n) is 44.2. The molecule has 0 aromatic rings. The fourth-order valence-electron chi connectivity index (χ4n) is 7.18. The van der Waals surface area contributed by atoms with Crippen LogP contribution in [0.3, 0.4) is 0 Å². The molecule has 9 heteroatoms. The number of nitrogens with zero attached hydrogens (tertiary/aromatic N) is 1. The standard InChI is InChI=1S/C59H101NO8/c1-6-8-10-12-14-16-18-20-21-22-23-24-25-26-27-28-29-30-31-32-33-34-35-36-37-38-40-42-44-46-48-50-57(62)68-55(54-67-59(58(63)64)65-52-51-60(3,4)5)53-66-56(61)49-47-45-43-41-39-19-17-15-13-11-9-7-2/h8,10,14-17,20-21,23-24,26-27,29-30,55,59H,6-7,9,11-13,18-19,22,25,28,31-54H2,1-5H3/b10-8-,16-14-,17-15-,21-20-,24-23-,27-26-,30-29-. The predicted octanol–water partition coefficient (Wildman–Crippen LogP) is 14.3. The van der Waals surface area contributed by atoms with Crippen LogP contribution in [0.4, 0.5) is 0 Å². The summed E-state index contributed by atoms with van der Waals surface area (Å²) in [5.74, 6) is -2.30. The highest BCUT2D eigenvalue weighted by molar-refractivity contribution is 5.70. The number of carboxylic acid groups (broad SMARTS) is 1. The van der Waals surface area contributed by atoms with Crippen LogP contribution < -0.4 is 5.11 Å². The van der Waals surface area contributed by atoms with Crippen molar-refractivity contribution in [3.63, 3.8) is 0 Å². The second-order valence-corrected chi connectivity index (χ2v) is 19.1. The van der Waals surface area contributed by atoms with Crippen molar-refractivity contribution in [2.45, 2.75) is 225 Å². The van der Waals surface area contributed by atoms with Crippen molar-refractivity contribution in [2.75, 3.05) is 47.5 Å². The van der Waals surface area contributed by atoms with E-state index in [0.717, 1.165) is 96.3 Å². The molecule has 0 saturated carbocycles. The highest BCUT2D eigenvalue weighted by Gasteiger charge is 2.22. The Bertz CT molecular complexity index is 1390. The SMILES string of the molecule is CC/C=C\C/C=C\C/C=C\C/C=C\C/C=C\C/C=C\CCCCCCCCCCCCCCC(=O)OC(COC(=O)CCCCCCC/C=C\CCCCC)COC(OCC[N+](C)(C)C)C(=O)[O-]. The van der Waals surface area contributed by atoms with Crippen molar-refractivity contribution in [3.05, 3.63) is 85.1 Å². The molecular weight excluding hydrogens is 851 g/mol. The summed E-state index contributed by atoms with van der Waals surface area (Å²) < 4.78 is 22.6. The van der Waals surface area contributed by atoms with Crippen LogP contribution >= 0.6 is 0 Å². The first-order chi connectivity index (χ1) is 33.1. The molecule has 0 heterocycles. The number of quaternary nitrogens is 1. The maximum absolute atomic E-state index is 12.8. The summed E-state index contributed by atoms with van der Waals surface area (Å²) in [6.07, 6.45) is 62.0. The number of ether oxygens (including phenoxy) is 4. The van der Waals surface area contributed by atoms with E-state index in [2.05, 4.69) is 98.9 Å². The quantitative estimate of drug-likeness (QED) is 0.0195. The average Bonchev–Trinajstić information content (AvgIpc) is 3.30. The number of likely N-dealkylation sites (N-methyl/N-ethyl adjacent to an activating group) is 1. The fourth-order valence-corrected chi connectivity index (χ4v) is 7.18. The smallest absolute Gasteiger partial charge is 0.306 e. The number of carboxylic acids is 1. The van der Waals surface area contributed by atoms with Crippen LogP contribution in [0.5, 0.6) is 0 Å². The van der Waals surface area contributed by atoms with Crippen LogP contribution in [-0.4, -0.2) is 82.3 Å². The first kappa shape index (κ1) is 64.5. The van der Waals surface area contributed by atoms with Gasteiger partial charge in [-0.2, -0.15) is 0 Å². The molecule has 0 amide bonds. The van der Waals surface area contributed by atoms with Crippen molar-refractivity contribution in [1.82, 2.24) is 0 Å². The van der Waals surface area contributed by atoms with Crippen LogP contribution in [-0.2, 0) is 33.3 Å². The normalized spacial score (nSPS) is 13.5. The number of carbonyl (C=O) groups excluding carboxylic acids is 3. The second-order valence-electron chi connectivity index (χ2n) is 19.1. The molecule has 2 atom stereocenters. The summed E-state index contributed by atoms with van der Waals surface area (Å²) in [7, 11) is 5.91. The molecule has 2 unspecified atom stereocenters. The molecule has 0 spiro atoms. The molecule has 0 aromatic heterocycles. The van der Waals surface area contributed by atoms with Crippen molar-refractivity contribution in [2.24, 2.45) is 0 Å². The third-order valence-electron chi connectivity index (χ3n) is 11.4. The highest BCUT2D eigenvalue weighted by Crippen LogP contribution is 2.15. The Hall–Kier alpha value is -3.53. The van der Waals surface area contributed by atoms with Crippen LogP contribution in [0, 0.1) is 0 Å². The summed E-state index contributed by atoms with van der Waals surface area (Å²) >= 11 is 0. The lowest BCUT2D eigenvalue weighted by Crippen LogP contribution is -2.44. The Morgan fingerprint density at radius 3 is 1.26 bits per heavy atom. The first-order valence-electron chi connectivity index (χ1n) is 27.2. The minimum atomic E-state index is -1.63. The Labute approximate surface area is 417 Å². The van der Waals surface area contributed by atoms with Crippen molar-refractivity contribution in [3.8, 4) is 0 Å². The van der Waals surface area contributed by atoms with Crippen molar-refractivity contribution in [1.29, 1.82) is 0 Å². The average molecular weight is 952 g/mol. The Kier molecular flexibility index (Phi) is 47.3. The molecular formula is C59H101NO8. The molecule has 0 fully saturated rings. The third kappa shape index (κ3) is 50.3. The highest BCUT2D eigenvalue weighted by atomic mass is 16.7. The van der Waals surface area contributed by atoms with Gasteiger partial charge in [0, 0.05) is 12.8 Å². The maximum atomic E-state index is 12.8. The zero-order chi connectivity index (χ0) is 49.9. The van der Waals surface area contributed by atoms with E-state index in [-0.39, 0.29) is 38.6 Å². The van der Waals surface area contributed by atoms with Gasteiger partial charge < -0.3 is 33.3 Å². The predicted molar refractivity (Wildman–Crippen MR) is 283 cm³/mol. The number of carbonyl (C=O) groups is 3. The third-order valence-corrected chi connectivity index (χ3v) is 11.4. The number of aliphatic carboxylic acids is 1. The van der Waals surface area contributed by atoms with Gasteiger partial charge in [-0.15, -0.1) is 0 Å². The van der Waals surface area contributed by atoms with Crippen LogP contribution in [0.15, 0.2) is 85.1 Å². The van der Waals surface area contributed by atoms with Crippen LogP contribution in [0.25, 0.3) is 0 Å². The lowest BCUT2D eigenvalue weighted by atomic mass is 10.0. The lowest BCUT2D eigenvalue weighted by molar-refractivity contribution is -0.870. The van der Waals surface area contributed by atoms with Gasteiger partial charge in [0.2, 0.25) is 0 Å². The largest absolute Gasteiger partial charge is 0.545 e. The minimum absolute atomic E-state index is 0.143. The number of hydrogen-bond acceptors (Lipinski definition) is 8. The van der Waals surface area contributed by atoms with Crippen molar-refractivity contribution >= 4 is 17.9 Å². The number of esters is 2. The van der Waals surface area contributed by atoms with Gasteiger partial charge in [0.15, 0.2) is 12.4 Å². The Morgan fingerprint density at radius 1 is 0.456 bits per heavy atom. The molecule has 0 aliphatic carbocycles. The number of unbranched alkanes of at least 4 members (excludes halogenated alkanes) is 20. The van der Waals surface area contributed by atoms with E-state index in [9.17, 15) is 19.5 Å². The molecule has 0 aliphatic heterocycles. The van der Waals surface area contributed by atoms with Crippen molar-refractivity contribution < 1.29 is 42.9 Å². The summed E-state index contributed by atoms with van der Waals surface area (Å²) in [5, 5.41) is 11.7. The molecule has 390 valence electrons. The minimum Gasteiger partial charge on any atom is -0.545 e. The number of rotatable bonds is 49. The van der Waals surface area contributed by atoms with Gasteiger partial charge in [-0.25, -0.2) is 0 Å². The molecule has 0 aliphatic rings. The fraction of sp³-hybridized carbons (Fsp3) is 0.712. The maximum Gasteiger partial charge on any atom is 0.306 e. The molecule has 0 aromatic carbocycles. The summed E-state index contributed by atoms with van der Waals surface area (Å²) in [6.45, 7) is 4.58. The van der Waals surface area contributed by atoms with E-state index in [4.69, 9.17) is 18.9 Å². The first-order valence-corrected chi connectivity index (χ1v) is 27.2. The van der Waals surface area contributed by atoms with E-state index in [0.29, 0.717) is 17.4 Å². The summed E-state index contributed by atoms with van der Waals surface area (Å²) in [6, 6.07) is 0. The summed E-state index contributed by atoms with van der Waals surface area (Å²) in [5.41, 5.74) is 0. The zero-order valence-corrected chi connectivity index (χ0v) is 44.2. The van der Waals surface area contributed by atoms with E-state index in [1.165, 1.54) is 83.5 Å². The number of hydrogen-bond donors (Lipinski definition) is 0. The Morgan fingerprint density at radius 2 is 0.838 bits per heavy atom. The van der Waals surface area contributed by atoms with E-state index < -0.39 is 24.3 Å². The van der Waals surface area contributed by atoms with E-state index in [1.807, 2.05) is 21.1 Å². The molecule has 68 heavy (non-hydrogen) atoms. The van der Waals surface area contributed by atoms with E-state index in [1.54, 1.807) is 0 Å². The van der Waals surface area contributed by atoms with Gasteiger partial charge in [-0.05, 0) is 89.9 Å². The molecule has 0 rings (SSSR count). The van der Waals surface area contributed by atoms with Gasteiger partial charge in [0.05, 0.1) is 40.3 Å². The second kappa shape index (κ2) is 49.9. The number of allylic oxidation sites excluding steroid dienone is 14. The van der Waals surface area contributed by atoms with Gasteiger partial charge in [-0.1, -0.05) is 195 Å². The van der Waals surface area contributed by atoms with Gasteiger partial charge in [0.25, 0.3) is 0 Å². The van der Waals surface area contributed by atoms with Gasteiger partial charge in [0.1, 0.15) is 13.2 Å². The topological polar surface area (TPSA) is 111 Å². The van der Waals surface area contributed by atoms with Gasteiger partial charge >= 0.3 is 11.9 Å². The molecule has 0 bridgehead atoms. The molecule has 9 nitrogen and oxygen atoms in total. The van der Waals surface area contributed by atoms with E-state index >= 15 is 0 Å². The Balaban J connectivity index is 4.19. The summed E-state index contributed by atoms with van der Waals surface area (Å²) in [4.78, 5) is 37.1. The van der Waals surface area contributed by atoms with Gasteiger partial charge in [-0.3, -0.25) is 9.59 Å². The molecule has 0 radical (unpaired) electrons. The molecule has 0 saturated heterocycles. The monoisotopic (exact) mass is 952 g/mol. The lowest BCUT2D eigenvalue weighted by Gasteiger charge is -2.26. The van der Waals surface area contributed by atoms with Crippen LogP contribution in [0.2, 0.25) is 0 Å². The molecule has 0 N–H and O–H groups in total.